The highest BCUT2D eigenvalue weighted by atomic mass is 32.1. The average molecular weight is 307 g/mol. The summed E-state index contributed by atoms with van der Waals surface area (Å²) in [5, 5.41) is 4.90. The number of carbonyl (C=O) groups is 1. The fraction of sp³-hybridized carbons (Fsp3) is 0.571. The topological polar surface area (TPSA) is 52.9 Å². The van der Waals surface area contributed by atoms with Crippen LogP contribution in [0.15, 0.2) is 17.8 Å². The molecule has 3 rings (SSSR count). The van der Waals surface area contributed by atoms with Crippen LogP contribution >= 0.6 is 11.3 Å². The third kappa shape index (κ3) is 3.61. The summed E-state index contributed by atoms with van der Waals surface area (Å²) in [6.45, 7) is 7.93. The predicted octanol–water partition coefficient (Wildman–Crippen LogP) is 0.650. The number of hydrogen-bond donors (Lipinski definition) is 1. The zero-order valence-electron chi connectivity index (χ0n) is 12.3. The zero-order chi connectivity index (χ0) is 14.7. The summed E-state index contributed by atoms with van der Waals surface area (Å²) in [6, 6.07) is 0. The summed E-state index contributed by atoms with van der Waals surface area (Å²) in [5.41, 5.74) is 1.12. The van der Waals surface area contributed by atoms with E-state index in [9.17, 15) is 4.79 Å². The van der Waals surface area contributed by atoms with Crippen LogP contribution in [0, 0.1) is 0 Å². The zero-order valence-corrected chi connectivity index (χ0v) is 13.1. The molecule has 0 atom stereocenters. The quantitative estimate of drug-likeness (QED) is 0.881. The predicted molar refractivity (Wildman–Crippen MR) is 83.5 cm³/mol. The first-order valence-electron chi connectivity index (χ1n) is 7.37. The number of fused-ring (bicyclic) bond motifs is 1. The van der Waals surface area contributed by atoms with Gasteiger partial charge in [-0.1, -0.05) is 0 Å². The first kappa shape index (κ1) is 14.5. The Morgan fingerprint density at radius 1 is 1.33 bits per heavy atom. The lowest BCUT2D eigenvalue weighted by atomic mass is 10.3. The Hall–Kier alpha value is -1.44. The first-order valence-corrected chi connectivity index (χ1v) is 8.25. The highest BCUT2D eigenvalue weighted by Gasteiger charge is 2.19. The maximum absolute atomic E-state index is 11.6. The van der Waals surface area contributed by atoms with Crippen molar-refractivity contribution in [2.75, 3.05) is 39.3 Å². The Morgan fingerprint density at radius 3 is 2.81 bits per heavy atom. The van der Waals surface area contributed by atoms with Crippen LogP contribution < -0.4 is 5.32 Å². The van der Waals surface area contributed by atoms with Crippen LogP contribution in [-0.4, -0.2) is 64.4 Å². The standard InChI is InChI=1S/C14H21N5OS/c1-2-15-13(20)11-18-5-3-17(4-6-18)9-12-10-19-7-8-21-14(19)16-12/h7-8,10H,2-6,9,11H2,1H3,(H,15,20). The van der Waals surface area contributed by atoms with E-state index in [1.54, 1.807) is 11.3 Å². The number of carbonyl (C=O) groups excluding carboxylic acids is 1. The number of rotatable bonds is 5. The number of amides is 1. The van der Waals surface area contributed by atoms with Crippen molar-refractivity contribution in [3.8, 4) is 0 Å². The molecule has 1 N–H and O–H groups in total. The molecule has 2 aromatic heterocycles. The molecular formula is C14H21N5OS. The van der Waals surface area contributed by atoms with Crippen molar-refractivity contribution in [3.63, 3.8) is 0 Å². The molecule has 1 aliphatic heterocycles. The molecule has 0 bridgehead atoms. The minimum Gasteiger partial charge on any atom is -0.355 e. The normalized spacial score (nSPS) is 17.4. The number of thiazole rings is 1. The molecule has 21 heavy (non-hydrogen) atoms. The van der Waals surface area contributed by atoms with Gasteiger partial charge < -0.3 is 5.32 Å². The molecule has 1 saturated heterocycles. The van der Waals surface area contributed by atoms with E-state index in [2.05, 4.69) is 30.7 Å². The van der Waals surface area contributed by atoms with Gasteiger partial charge in [0, 0.05) is 57.0 Å². The number of aromatic nitrogens is 2. The molecule has 0 spiro atoms. The summed E-state index contributed by atoms with van der Waals surface area (Å²) in [4.78, 5) is 21.9. The van der Waals surface area contributed by atoms with E-state index in [4.69, 9.17) is 0 Å². The maximum atomic E-state index is 11.6. The smallest absolute Gasteiger partial charge is 0.234 e. The van der Waals surface area contributed by atoms with Gasteiger partial charge in [-0.25, -0.2) is 4.98 Å². The second-order valence-electron chi connectivity index (χ2n) is 5.33. The highest BCUT2D eigenvalue weighted by Crippen LogP contribution is 2.13. The van der Waals surface area contributed by atoms with Gasteiger partial charge in [0.05, 0.1) is 12.2 Å². The number of likely N-dealkylation sites (N-methyl/N-ethyl adjacent to an activating group) is 1. The Balaban J connectivity index is 1.47. The van der Waals surface area contributed by atoms with E-state index < -0.39 is 0 Å². The summed E-state index contributed by atoms with van der Waals surface area (Å²) in [6.07, 6.45) is 4.15. The molecule has 0 unspecified atom stereocenters. The third-order valence-electron chi connectivity index (χ3n) is 3.73. The van der Waals surface area contributed by atoms with Crippen molar-refractivity contribution in [2.45, 2.75) is 13.5 Å². The minimum absolute atomic E-state index is 0.125. The van der Waals surface area contributed by atoms with Crippen LogP contribution in [0.4, 0.5) is 0 Å². The largest absolute Gasteiger partial charge is 0.355 e. The fourth-order valence-corrected chi connectivity index (χ4v) is 3.36. The molecule has 0 aromatic carbocycles. The number of piperazine rings is 1. The summed E-state index contributed by atoms with van der Waals surface area (Å²) >= 11 is 1.66. The van der Waals surface area contributed by atoms with Gasteiger partial charge in [-0.3, -0.25) is 19.0 Å². The fourth-order valence-electron chi connectivity index (χ4n) is 2.64. The van der Waals surface area contributed by atoms with Crippen molar-refractivity contribution in [3.05, 3.63) is 23.5 Å². The van der Waals surface area contributed by atoms with Gasteiger partial charge in [-0.2, -0.15) is 0 Å². The minimum atomic E-state index is 0.125. The third-order valence-corrected chi connectivity index (χ3v) is 4.51. The number of nitrogens with zero attached hydrogens (tertiary/aromatic N) is 4. The second-order valence-corrected chi connectivity index (χ2v) is 6.20. The maximum Gasteiger partial charge on any atom is 0.234 e. The average Bonchev–Trinajstić information content (AvgIpc) is 3.02. The van der Waals surface area contributed by atoms with Crippen LogP contribution in [0.3, 0.4) is 0 Å². The molecular weight excluding hydrogens is 286 g/mol. The van der Waals surface area contributed by atoms with Crippen molar-refractivity contribution in [2.24, 2.45) is 0 Å². The molecule has 114 valence electrons. The van der Waals surface area contributed by atoms with Crippen LogP contribution in [0.5, 0.6) is 0 Å². The van der Waals surface area contributed by atoms with Crippen LogP contribution in [0.25, 0.3) is 4.96 Å². The van der Waals surface area contributed by atoms with Crippen LogP contribution in [0.2, 0.25) is 0 Å². The molecule has 1 fully saturated rings. The van der Waals surface area contributed by atoms with E-state index >= 15 is 0 Å². The lowest BCUT2D eigenvalue weighted by Gasteiger charge is -2.33. The molecule has 0 saturated carbocycles. The second kappa shape index (κ2) is 6.55. The molecule has 3 heterocycles. The van der Waals surface area contributed by atoms with E-state index in [-0.39, 0.29) is 5.91 Å². The monoisotopic (exact) mass is 307 g/mol. The molecule has 7 heteroatoms. The van der Waals surface area contributed by atoms with Gasteiger partial charge in [0.15, 0.2) is 4.96 Å². The van der Waals surface area contributed by atoms with Crippen molar-refractivity contribution in [1.29, 1.82) is 0 Å². The van der Waals surface area contributed by atoms with E-state index in [0.29, 0.717) is 13.1 Å². The molecule has 1 amide bonds. The van der Waals surface area contributed by atoms with Gasteiger partial charge in [-0.15, -0.1) is 11.3 Å². The Kier molecular flexibility index (Phi) is 4.52. The first-order chi connectivity index (χ1) is 10.2. The molecule has 2 aromatic rings. The van der Waals surface area contributed by atoms with E-state index in [1.165, 1.54) is 0 Å². The molecule has 1 aliphatic rings. The van der Waals surface area contributed by atoms with E-state index in [0.717, 1.165) is 43.4 Å². The number of nitrogens with one attached hydrogen (secondary N) is 1. The van der Waals surface area contributed by atoms with Crippen molar-refractivity contribution < 1.29 is 4.79 Å². The Labute approximate surface area is 128 Å². The van der Waals surface area contributed by atoms with Crippen LogP contribution in [-0.2, 0) is 11.3 Å². The van der Waals surface area contributed by atoms with Crippen molar-refractivity contribution in [1.82, 2.24) is 24.5 Å². The summed E-state index contributed by atoms with van der Waals surface area (Å²) < 4.78 is 2.07. The van der Waals surface area contributed by atoms with Gasteiger partial charge in [0.1, 0.15) is 0 Å². The summed E-state index contributed by atoms with van der Waals surface area (Å²) in [5.74, 6) is 0.125. The SMILES string of the molecule is CCNC(=O)CN1CCN(Cc2cn3ccsc3n2)CC1. The van der Waals surface area contributed by atoms with Gasteiger partial charge in [-0.05, 0) is 6.92 Å². The molecule has 0 aliphatic carbocycles. The Morgan fingerprint density at radius 2 is 2.10 bits per heavy atom. The molecule has 0 radical (unpaired) electrons. The van der Waals surface area contributed by atoms with Crippen LogP contribution in [0.1, 0.15) is 12.6 Å². The van der Waals surface area contributed by atoms with Gasteiger partial charge >= 0.3 is 0 Å². The van der Waals surface area contributed by atoms with Crippen molar-refractivity contribution >= 4 is 22.2 Å². The van der Waals surface area contributed by atoms with E-state index in [1.807, 2.05) is 18.5 Å². The lowest BCUT2D eigenvalue weighted by molar-refractivity contribution is -0.122. The van der Waals surface area contributed by atoms with Gasteiger partial charge in [0.25, 0.3) is 0 Å². The highest BCUT2D eigenvalue weighted by molar-refractivity contribution is 7.15. The number of hydrogen-bond acceptors (Lipinski definition) is 5. The molecule has 6 nitrogen and oxygen atoms in total. The van der Waals surface area contributed by atoms with Gasteiger partial charge in [0.2, 0.25) is 5.91 Å². The Bertz CT molecular complexity index is 571. The lowest BCUT2D eigenvalue weighted by Crippen LogP contribution is -2.49. The summed E-state index contributed by atoms with van der Waals surface area (Å²) in [7, 11) is 0. The number of imidazole rings is 1.